The van der Waals surface area contributed by atoms with E-state index in [1.54, 1.807) is 36.8 Å². The predicted octanol–water partition coefficient (Wildman–Crippen LogP) is 7.10. The van der Waals surface area contributed by atoms with Crippen molar-refractivity contribution in [3.63, 3.8) is 0 Å². The molecule has 0 aromatic heterocycles. The Labute approximate surface area is 257 Å². The number of thioether (sulfide) groups is 1. The molecule has 7 nitrogen and oxygen atoms in total. The molecular formula is C31H36Cl2N2O5S. The van der Waals surface area contributed by atoms with Crippen molar-refractivity contribution < 1.29 is 24.2 Å². The topological polar surface area (TPSA) is 79.3 Å². The third kappa shape index (κ3) is 7.89. The summed E-state index contributed by atoms with van der Waals surface area (Å²) in [5, 5.41) is 10.3. The number of halogens is 2. The first-order valence-corrected chi connectivity index (χ1v) is 14.5. The highest BCUT2D eigenvalue weighted by Gasteiger charge is 2.36. The standard InChI is InChI=1S/C31H35ClN2O5S.ClH/c1-20(2)33(27(31(36)37)17-22-9-6-5-7-10-22)15-8-16-39-28-14-12-24(38-4)19-25(28)30-34(21(3)35)26-13-11-23(32)18-29(26)40-30;/h5-7,9-14,18-20,27,30H,8,15-17H2,1-4H3,(H,36,37);1H. The zero-order chi connectivity index (χ0) is 28.8. The molecule has 0 saturated carbocycles. The van der Waals surface area contributed by atoms with Crippen LogP contribution in [0.1, 0.15) is 43.7 Å². The SMILES string of the molecule is COc1ccc(OCCCN(C(C)C)C(Cc2ccccc2)C(=O)O)c(C2Sc3cc(Cl)ccc3N2C(C)=O)c1.Cl. The summed E-state index contributed by atoms with van der Waals surface area (Å²) < 4.78 is 11.8. The molecule has 41 heavy (non-hydrogen) atoms. The maximum atomic E-state index is 12.7. The monoisotopic (exact) mass is 618 g/mol. The number of aliphatic carboxylic acids is 1. The third-order valence-corrected chi connectivity index (χ3v) is 8.42. The molecule has 10 heteroatoms. The van der Waals surface area contributed by atoms with Crippen molar-refractivity contribution in [3.05, 3.63) is 82.9 Å². The van der Waals surface area contributed by atoms with E-state index in [2.05, 4.69) is 0 Å². The zero-order valence-corrected chi connectivity index (χ0v) is 26.0. The fraction of sp³-hybridized carbons (Fsp3) is 0.355. The molecule has 0 saturated heterocycles. The second-order valence-corrected chi connectivity index (χ2v) is 11.5. The summed E-state index contributed by atoms with van der Waals surface area (Å²) in [5.41, 5.74) is 2.62. The number of carboxylic acid groups (broad SMARTS) is 1. The van der Waals surface area contributed by atoms with Crippen LogP contribution in [0.15, 0.2) is 71.6 Å². The average molecular weight is 620 g/mol. The number of carbonyl (C=O) groups is 2. The molecule has 220 valence electrons. The lowest BCUT2D eigenvalue weighted by atomic mass is 10.0. The van der Waals surface area contributed by atoms with Crippen molar-refractivity contribution in [2.24, 2.45) is 0 Å². The normalized spacial score (nSPS) is 14.9. The molecule has 2 unspecified atom stereocenters. The molecule has 0 aliphatic carbocycles. The van der Waals surface area contributed by atoms with Gasteiger partial charge in [-0.25, -0.2) is 0 Å². The number of nitrogens with zero attached hydrogens (tertiary/aromatic N) is 2. The predicted molar refractivity (Wildman–Crippen MR) is 167 cm³/mol. The van der Waals surface area contributed by atoms with Crippen LogP contribution in [0, 0.1) is 0 Å². The van der Waals surface area contributed by atoms with Crippen LogP contribution < -0.4 is 14.4 Å². The van der Waals surface area contributed by atoms with E-state index in [0.717, 1.165) is 21.7 Å². The fourth-order valence-electron chi connectivity index (χ4n) is 4.98. The number of fused-ring (bicyclic) bond motifs is 1. The van der Waals surface area contributed by atoms with E-state index >= 15 is 0 Å². The van der Waals surface area contributed by atoms with Gasteiger partial charge in [-0.05, 0) is 68.7 Å². The van der Waals surface area contributed by atoms with Crippen LogP contribution in [0.25, 0.3) is 0 Å². The molecule has 4 rings (SSSR count). The summed E-state index contributed by atoms with van der Waals surface area (Å²) in [5.74, 6) is 0.395. The second kappa shape index (κ2) is 14.8. The zero-order valence-electron chi connectivity index (χ0n) is 23.6. The van der Waals surface area contributed by atoms with E-state index < -0.39 is 12.0 Å². The number of benzene rings is 3. The van der Waals surface area contributed by atoms with Gasteiger partial charge in [0.25, 0.3) is 0 Å². The van der Waals surface area contributed by atoms with Gasteiger partial charge in [0.05, 0.1) is 19.4 Å². The van der Waals surface area contributed by atoms with Gasteiger partial charge >= 0.3 is 5.97 Å². The van der Waals surface area contributed by atoms with Crippen LogP contribution in [0.5, 0.6) is 11.5 Å². The number of carbonyl (C=O) groups excluding carboxylic acids is 1. The van der Waals surface area contributed by atoms with E-state index in [4.69, 9.17) is 21.1 Å². The van der Waals surface area contributed by atoms with Gasteiger partial charge in [0, 0.05) is 35.0 Å². The molecule has 1 aliphatic heterocycles. The number of carboxylic acids is 1. The molecule has 1 aliphatic rings. The average Bonchev–Trinajstić information content (AvgIpc) is 3.31. The van der Waals surface area contributed by atoms with E-state index in [1.807, 2.05) is 79.4 Å². The van der Waals surface area contributed by atoms with Crippen LogP contribution in [0.2, 0.25) is 5.02 Å². The summed E-state index contributed by atoms with van der Waals surface area (Å²) in [6.45, 7) is 6.53. The fourth-order valence-corrected chi connectivity index (χ4v) is 6.62. The number of methoxy groups -OCH3 is 1. The summed E-state index contributed by atoms with van der Waals surface area (Å²) >= 11 is 7.78. The maximum Gasteiger partial charge on any atom is 0.321 e. The van der Waals surface area contributed by atoms with Gasteiger partial charge in [0.15, 0.2) is 0 Å². The molecule has 3 aromatic rings. The van der Waals surface area contributed by atoms with Crippen molar-refractivity contribution in [1.82, 2.24) is 4.90 Å². The molecule has 1 heterocycles. The van der Waals surface area contributed by atoms with Crippen molar-refractivity contribution in [2.75, 3.05) is 25.2 Å². The number of rotatable bonds is 12. The Morgan fingerprint density at radius 3 is 2.46 bits per heavy atom. The minimum absolute atomic E-state index is 0. The van der Waals surface area contributed by atoms with Crippen molar-refractivity contribution in [1.29, 1.82) is 0 Å². The second-order valence-electron chi connectivity index (χ2n) is 9.95. The lowest BCUT2D eigenvalue weighted by Crippen LogP contribution is -2.47. The van der Waals surface area contributed by atoms with Crippen LogP contribution in [0.3, 0.4) is 0 Å². The van der Waals surface area contributed by atoms with Crippen LogP contribution in [-0.2, 0) is 16.0 Å². The van der Waals surface area contributed by atoms with E-state index in [-0.39, 0.29) is 29.7 Å². The van der Waals surface area contributed by atoms with Crippen molar-refractivity contribution in [2.45, 2.75) is 56.0 Å². The highest BCUT2D eigenvalue weighted by molar-refractivity contribution is 8.00. The number of hydrogen-bond acceptors (Lipinski definition) is 6. The molecular weight excluding hydrogens is 583 g/mol. The third-order valence-electron chi connectivity index (χ3n) is 6.92. The first-order chi connectivity index (χ1) is 19.2. The number of hydrogen-bond donors (Lipinski definition) is 1. The van der Waals surface area contributed by atoms with Gasteiger partial charge in [-0.1, -0.05) is 53.7 Å². The minimum atomic E-state index is -0.835. The lowest BCUT2D eigenvalue weighted by Gasteiger charge is -2.32. The first kappa shape index (κ1) is 32.6. The molecule has 0 bridgehead atoms. The Kier molecular flexibility index (Phi) is 11.8. The van der Waals surface area contributed by atoms with Crippen LogP contribution >= 0.6 is 35.8 Å². The van der Waals surface area contributed by atoms with Crippen LogP contribution in [-0.4, -0.2) is 54.2 Å². The van der Waals surface area contributed by atoms with E-state index in [0.29, 0.717) is 42.5 Å². The van der Waals surface area contributed by atoms with Crippen LogP contribution in [0.4, 0.5) is 5.69 Å². The van der Waals surface area contributed by atoms with E-state index in [9.17, 15) is 14.7 Å². The highest BCUT2D eigenvalue weighted by Crippen LogP contribution is 2.54. The van der Waals surface area contributed by atoms with Gasteiger partial charge in [0.2, 0.25) is 5.91 Å². The smallest absolute Gasteiger partial charge is 0.321 e. The van der Waals surface area contributed by atoms with Gasteiger partial charge < -0.3 is 14.6 Å². The van der Waals surface area contributed by atoms with Crippen molar-refractivity contribution >= 4 is 53.3 Å². The molecule has 0 radical (unpaired) electrons. The minimum Gasteiger partial charge on any atom is -0.497 e. The Morgan fingerprint density at radius 2 is 1.83 bits per heavy atom. The Balaban J connectivity index is 0.00000462. The maximum absolute atomic E-state index is 12.7. The molecule has 1 amide bonds. The number of amides is 1. The summed E-state index contributed by atoms with van der Waals surface area (Å²) in [7, 11) is 1.60. The van der Waals surface area contributed by atoms with Gasteiger partial charge in [-0.15, -0.1) is 12.4 Å². The van der Waals surface area contributed by atoms with E-state index in [1.165, 1.54) is 0 Å². The van der Waals surface area contributed by atoms with Gasteiger partial charge in [-0.3, -0.25) is 19.4 Å². The largest absolute Gasteiger partial charge is 0.497 e. The summed E-state index contributed by atoms with van der Waals surface area (Å²) in [6.07, 6.45) is 1.06. The number of ether oxygens (including phenoxy) is 2. The lowest BCUT2D eigenvalue weighted by molar-refractivity contribution is -0.144. The first-order valence-electron chi connectivity index (χ1n) is 13.3. The summed E-state index contributed by atoms with van der Waals surface area (Å²) in [6, 6.07) is 20.2. The molecule has 0 spiro atoms. The highest BCUT2D eigenvalue weighted by atomic mass is 35.5. The molecule has 0 fully saturated rings. The Hall–Kier alpha value is -2.91. The molecule has 2 atom stereocenters. The Bertz CT molecular complexity index is 1340. The van der Waals surface area contributed by atoms with Gasteiger partial charge in [0.1, 0.15) is 22.9 Å². The molecule has 3 aromatic carbocycles. The van der Waals surface area contributed by atoms with Gasteiger partial charge in [-0.2, -0.15) is 0 Å². The number of anilines is 1. The quantitative estimate of drug-likeness (QED) is 0.217. The Morgan fingerprint density at radius 1 is 1.10 bits per heavy atom. The molecule has 1 N–H and O–H groups in total. The van der Waals surface area contributed by atoms with Crippen molar-refractivity contribution in [3.8, 4) is 11.5 Å². The summed E-state index contributed by atoms with van der Waals surface area (Å²) in [4.78, 5) is 29.7.